The second-order valence-corrected chi connectivity index (χ2v) is 17.8. The molecule has 3 aromatic rings. The number of rotatable bonds is 8. The summed E-state index contributed by atoms with van der Waals surface area (Å²) in [6.07, 6.45) is 11.9. The molecular weight excluding hydrogens is 657 g/mol. The molecule has 268 valence electrons. The summed E-state index contributed by atoms with van der Waals surface area (Å²) in [7, 11) is 1.61. The number of aliphatic hydroxyl groups excluding tert-OH is 1. The predicted molar refractivity (Wildman–Crippen MR) is 201 cm³/mol. The zero-order valence-corrected chi connectivity index (χ0v) is 31.0. The van der Waals surface area contributed by atoms with Gasteiger partial charge in [0.05, 0.1) is 30.2 Å². The Hall–Kier alpha value is -3.72. The van der Waals surface area contributed by atoms with Crippen LogP contribution in [-0.2, 0) is 6.54 Å². The Bertz CT molecular complexity index is 1900. The third-order valence-electron chi connectivity index (χ3n) is 14.2. The summed E-state index contributed by atoms with van der Waals surface area (Å²) in [4.78, 5) is 32.5. The summed E-state index contributed by atoms with van der Waals surface area (Å²) in [5.41, 5.74) is -0.249. The number of fused-ring (bicyclic) bond motifs is 1. The molecule has 2 spiro atoms. The van der Waals surface area contributed by atoms with Gasteiger partial charge in [-0.25, -0.2) is 4.79 Å². The smallest absolute Gasteiger partial charge is 0.322 e. The Balaban J connectivity index is 1.17. The molecular formula is C43H50N2O5S. The molecule has 9 rings (SSSR count). The largest absolute Gasteiger partial charge is 0.497 e. The Morgan fingerprint density at radius 2 is 1.63 bits per heavy atom. The van der Waals surface area contributed by atoms with Crippen molar-refractivity contribution in [2.24, 2.45) is 33.5 Å². The number of aliphatic hydroxyl groups is 2. The van der Waals surface area contributed by atoms with Crippen molar-refractivity contribution in [3.63, 3.8) is 0 Å². The highest BCUT2D eigenvalue weighted by molar-refractivity contribution is 7.14. The number of urea groups is 1. The summed E-state index contributed by atoms with van der Waals surface area (Å²) in [5, 5.41) is 27.1. The number of thiophene rings is 1. The van der Waals surface area contributed by atoms with Gasteiger partial charge in [0.1, 0.15) is 5.75 Å². The van der Waals surface area contributed by atoms with Crippen molar-refractivity contribution in [2.75, 3.05) is 19.0 Å². The molecule has 6 aliphatic carbocycles. The van der Waals surface area contributed by atoms with Crippen molar-refractivity contribution in [3.8, 4) is 5.75 Å². The Kier molecular flexibility index (Phi) is 8.21. The van der Waals surface area contributed by atoms with E-state index in [0.717, 1.165) is 53.0 Å². The summed E-state index contributed by atoms with van der Waals surface area (Å²) in [6.45, 7) is 7.20. The first-order chi connectivity index (χ1) is 24.4. The number of Topliss-reactive ketones (excluding diaryl/α,β-unsaturated/α-hetero) is 1. The van der Waals surface area contributed by atoms with Crippen LogP contribution >= 0.6 is 11.3 Å². The molecule has 1 aromatic heterocycles. The van der Waals surface area contributed by atoms with Crippen LogP contribution < -0.4 is 10.1 Å². The number of nitrogens with one attached hydrogen (secondary N) is 1. The van der Waals surface area contributed by atoms with E-state index in [0.29, 0.717) is 30.8 Å². The molecule has 6 aliphatic rings. The molecule has 2 bridgehead atoms. The van der Waals surface area contributed by atoms with Crippen LogP contribution in [0, 0.1) is 40.4 Å². The Morgan fingerprint density at radius 3 is 2.33 bits per heavy atom. The molecule has 0 radical (unpaired) electrons. The average molecular weight is 707 g/mol. The Labute approximate surface area is 305 Å². The fraction of sp³-hybridized carbons (Fsp3) is 0.488. The number of carbonyl (C=O) groups excluding carboxylic acids is 2. The van der Waals surface area contributed by atoms with Crippen LogP contribution in [0.15, 0.2) is 90.5 Å². The molecule has 2 aromatic carbocycles. The Morgan fingerprint density at radius 1 is 0.922 bits per heavy atom. The number of ether oxygens (including phenoxy) is 1. The molecule has 0 saturated heterocycles. The van der Waals surface area contributed by atoms with Gasteiger partial charge in [-0.15, -0.1) is 11.3 Å². The van der Waals surface area contributed by atoms with Crippen LogP contribution in [0.25, 0.3) is 0 Å². The number of benzene rings is 2. The van der Waals surface area contributed by atoms with E-state index in [1.165, 1.54) is 0 Å². The van der Waals surface area contributed by atoms with E-state index >= 15 is 0 Å². The molecule has 3 N–H and O–H groups in total. The zero-order chi connectivity index (χ0) is 35.8. The second-order valence-electron chi connectivity index (χ2n) is 16.6. The number of carbonyl (C=O) groups is 2. The normalized spacial score (nSPS) is 36.0. The van der Waals surface area contributed by atoms with Crippen molar-refractivity contribution in [3.05, 3.63) is 106 Å². The number of ketones is 1. The van der Waals surface area contributed by atoms with Crippen LogP contribution in [0.1, 0.15) is 78.9 Å². The van der Waals surface area contributed by atoms with Crippen LogP contribution in [0.3, 0.4) is 0 Å². The minimum atomic E-state index is -1.18. The van der Waals surface area contributed by atoms with Crippen LogP contribution in [0.5, 0.6) is 5.75 Å². The summed E-state index contributed by atoms with van der Waals surface area (Å²) in [5.74, 6) is 1.02. The molecule has 3 saturated carbocycles. The highest BCUT2D eigenvalue weighted by Crippen LogP contribution is 2.78. The number of nitrogens with zero attached hydrogens (tertiary/aromatic N) is 1. The van der Waals surface area contributed by atoms with Gasteiger partial charge >= 0.3 is 6.03 Å². The number of hydrogen-bond donors (Lipinski definition) is 3. The molecule has 51 heavy (non-hydrogen) atoms. The molecule has 8 heteroatoms. The molecule has 2 amide bonds. The fourth-order valence-electron chi connectivity index (χ4n) is 11.5. The monoisotopic (exact) mass is 706 g/mol. The topological polar surface area (TPSA) is 99.1 Å². The number of methoxy groups -OCH3 is 1. The second kappa shape index (κ2) is 12.2. The van der Waals surface area contributed by atoms with Gasteiger partial charge in [-0.2, -0.15) is 0 Å². The van der Waals surface area contributed by atoms with Crippen LogP contribution in [-0.4, -0.2) is 52.3 Å². The summed E-state index contributed by atoms with van der Waals surface area (Å²) in [6, 6.07) is 20.9. The van der Waals surface area contributed by atoms with Crippen molar-refractivity contribution in [1.82, 2.24) is 4.90 Å². The maximum atomic E-state index is 14.8. The van der Waals surface area contributed by atoms with E-state index in [4.69, 9.17) is 4.74 Å². The molecule has 3 fully saturated rings. The highest BCUT2D eigenvalue weighted by atomic mass is 32.1. The quantitative estimate of drug-likeness (QED) is 0.161. The van der Waals surface area contributed by atoms with E-state index in [2.05, 4.69) is 37.4 Å². The number of hydrogen-bond acceptors (Lipinski definition) is 6. The van der Waals surface area contributed by atoms with Gasteiger partial charge < -0.3 is 25.2 Å². The van der Waals surface area contributed by atoms with E-state index in [9.17, 15) is 19.8 Å². The van der Waals surface area contributed by atoms with Crippen molar-refractivity contribution in [2.45, 2.75) is 84.0 Å². The maximum Gasteiger partial charge on any atom is 0.322 e. The number of aryl methyl sites for hydroxylation is 1. The van der Waals surface area contributed by atoms with Gasteiger partial charge in [-0.05, 0) is 111 Å². The lowest BCUT2D eigenvalue weighted by Gasteiger charge is -2.71. The predicted octanol–water partition coefficient (Wildman–Crippen LogP) is 8.57. The van der Waals surface area contributed by atoms with Gasteiger partial charge in [0.2, 0.25) is 0 Å². The van der Waals surface area contributed by atoms with Gasteiger partial charge in [0.15, 0.2) is 5.78 Å². The molecule has 1 unspecified atom stereocenters. The third-order valence-corrected chi connectivity index (χ3v) is 15.2. The van der Waals surface area contributed by atoms with Crippen molar-refractivity contribution < 1.29 is 24.5 Å². The van der Waals surface area contributed by atoms with Gasteiger partial charge in [-0.3, -0.25) is 4.79 Å². The van der Waals surface area contributed by atoms with Crippen LogP contribution in [0.2, 0.25) is 0 Å². The van der Waals surface area contributed by atoms with E-state index in [1.807, 2.05) is 73.7 Å². The lowest BCUT2D eigenvalue weighted by atomic mass is 9.32. The lowest BCUT2D eigenvalue weighted by Crippen LogP contribution is -2.67. The summed E-state index contributed by atoms with van der Waals surface area (Å²) >= 11 is 1.55. The lowest BCUT2D eigenvalue weighted by molar-refractivity contribution is -0.174. The third kappa shape index (κ3) is 5.11. The van der Waals surface area contributed by atoms with E-state index in [-0.39, 0.29) is 41.0 Å². The first kappa shape index (κ1) is 34.4. The number of allylic oxidation sites excluding steroid dienone is 4. The van der Waals surface area contributed by atoms with E-state index < -0.39 is 22.5 Å². The maximum absolute atomic E-state index is 14.8. The zero-order valence-electron chi connectivity index (χ0n) is 30.2. The van der Waals surface area contributed by atoms with E-state index in [1.54, 1.807) is 23.3 Å². The van der Waals surface area contributed by atoms with Crippen molar-refractivity contribution >= 4 is 28.8 Å². The highest BCUT2D eigenvalue weighted by Gasteiger charge is 2.74. The SMILES string of the molecule is COc1ccc(NC(=O)N(Cc2ccccc2)C[C@]2(O)CC[C@H]3[C@]45C=C[C@@]6(C=C4C(=O)c4ccc(C)s4)CC(O)CC[C@]6(C)[C@H]5CC[C@@]32C)cc1. The minimum Gasteiger partial charge on any atom is -0.497 e. The molecule has 7 nitrogen and oxygen atoms in total. The summed E-state index contributed by atoms with van der Waals surface area (Å²) < 4.78 is 5.31. The molecule has 0 aliphatic heterocycles. The minimum absolute atomic E-state index is 0.00598. The van der Waals surface area contributed by atoms with Gasteiger partial charge in [0, 0.05) is 38.9 Å². The first-order valence-electron chi connectivity index (χ1n) is 18.6. The standard InChI is InChI=1S/C43H50N2O5S/c1-28-10-15-34(51-28)37(47)33-25-41-22-23-43(33)35(39(41,2)19-16-31(46)24-41)17-20-40(3)36(43)18-21-42(40,49)27-45(26-29-8-6-5-7-9-29)38(48)44-30-11-13-32(50-4)14-12-30/h5-15,22-23,25,31,35-36,46,49H,16-21,24,26-27H2,1-4H3,(H,44,48)/t31?,35-,36-,39-,40+,41+,42-,43-/m1/s1. The first-order valence-corrected chi connectivity index (χ1v) is 19.4. The number of anilines is 1. The van der Waals surface area contributed by atoms with Crippen molar-refractivity contribution in [1.29, 1.82) is 0 Å². The van der Waals surface area contributed by atoms with Gasteiger partial charge in [0.25, 0.3) is 0 Å². The fourth-order valence-corrected chi connectivity index (χ4v) is 12.3. The van der Waals surface area contributed by atoms with Crippen LogP contribution in [0.4, 0.5) is 10.5 Å². The molecule has 8 atom stereocenters. The average Bonchev–Trinajstić information content (AvgIpc) is 3.68. The molecule has 1 heterocycles. The van der Waals surface area contributed by atoms with Gasteiger partial charge in [-0.1, -0.05) is 62.4 Å². The number of amides is 2.